The van der Waals surface area contributed by atoms with E-state index in [1.165, 1.54) is 65.3 Å². The molecule has 0 aliphatic rings. The van der Waals surface area contributed by atoms with E-state index in [9.17, 15) is 0 Å². The maximum Gasteiger partial charge on any atom is 0.135 e. The Kier molecular flexibility index (Phi) is 5.77. The quantitative estimate of drug-likeness (QED) is 0.134. The van der Waals surface area contributed by atoms with Crippen LogP contribution < -0.4 is 4.90 Å². The van der Waals surface area contributed by atoms with Gasteiger partial charge in [0, 0.05) is 49.7 Å². The van der Waals surface area contributed by atoms with Gasteiger partial charge in [-0.15, -0.1) is 0 Å². The van der Waals surface area contributed by atoms with Crippen LogP contribution in [0.15, 0.2) is 186 Å². The van der Waals surface area contributed by atoms with Crippen LogP contribution in [0.2, 0.25) is 0 Å². The highest BCUT2D eigenvalue weighted by Crippen LogP contribution is 2.47. The Morgan fingerprint density at radius 2 is 1.02 bits per heavy atom. The second-order valence-electron chi connectivity index (χ2n) is 14.1. The third-order valence-electron chi connectivity index (χ3n) is 11.3. The number of hydrogen-bond donors (Lipinski definition) is 0. The number of para-hydroxylation sites is 2. The fourth-order valence-electron chi connectivity index (χ4n) is 8.97. The molecule has 3 heteroatoms. The number of nitrogens with zero attached hydrogens (tertiary/aromatic N) is 2. The molecule has 246 valence electrons. The monoisotopic (exact) mass is 674 g/mol. The summed E-state index contributed by atoms with van der Waals surface area (Å²) < 4.78 is 8.63. The molecular weight excluding hydrogens is 645 g/mol. The molecule has 3 nitrogen and oxygen atoms in total. The number of benzene rings is 10. The lowest BCUT2D eigenvalue weighted by molar-refractivity contribution is 0.669. The first kappa shape index (κ1) is 28.6. The fraction of sp³-hybridized carbons (Fsp3) is 0. The third kappa shape index (κ3) is 4.05. The highest BCUT2D eigenvalue weighted by molar-refractivity contribution is 6.40. The molecule has 0 unspecified atom stereocenters. The molecule has 2 aromatic heterocycles. The van der Waals surface area contributed by atoms with Gasteiger partial charge in [0.1, 0.15) is 11.2 Å². The van der Waals surface area contributed by atoms with Gasteiger partial charge in [-0.2, -0.15) is 0 Å². The molecule has 0 aliphatic carbocycles. The zero-order chi connectivity index (χ0) is 34.6. The lowest BCUT2D eigenvalue weighted by atomic mass is 9.89. The van der Waals surface area contributed by atoms with Gasteiger partial charge in [0.05, 0.1) is 11.0 Å². The number of hydrogen-bond acceptors (Lipinski definition) is 2. The van der Waals surface area contributed by atoms with Gasteiger partial charge in [-0.05, 0) is 111 Å². The average Bonchev–Trinajstić information content (AvgIpc) is 3.77. The summed E-state index contributed by atoms with van der Waals surface area (Å²) in [5.74, 6) is 0. The zero-order valence-electron chi connectivity index (χ0n) is 28.6. The van der Waals surface area contributed by atoms with Crippen LogP contribution in [-0.2, 0) is 0 Å². The molecular formula is C50H30N2O. The Bertz CT molecular complexity index is 3330. The Morgan fingerprint density at radius 3 is 1.91 bits per heavy atom. The van der Waals surface area contributed by atoms with Crippen molar-refractivity contribution < 1.29 is 4.42 Å². The summed E-state index contributed by atoms with van der Waals surface area (Å²) in [6, 6.07) is 65.9. The molecule has 2 heterocycles. The first-order valence-electron chi connectivity index (χ1n) is 18.2. The third-order valence-corrected chi connectivity index (χ3v) is 11.3. The van der Waals surface area contributed by atoms with E-state index < -0.39 is 0 Å². The second-order valence-corrected chi connectivity index (χ2v) is 14.1. The number of rotatable bonds is 5. The van der Waals surface area contributed by atoms with Crippen molar-refractivity contribution in [1.82, 2.24) is 4.57 Å². The molecule has 0 spiro atoms. The minimum absolute atomic E-state index is 0.894. The number of fused-ring (bicyclic) bond motifs is 4. The number of furan rings is 1. The van der Waals surface area contributed by atoms with Crippen LogP contribution in [0.25, 0.3) is 92.9 Å². The van der Waals surface area contributed by atoms with E-state index >= 15 is 0 Å². The fourth-order valence-corrected chi connectivity index (χ4v) is 8.97. The van der Waals surface area contributed by atoms with Crippen molar-refractivity contribution in [1.29, 1.82) is 0 Å². The topological polar surface area (TPSA) is 21.3 Å². The van der Waals surface area contributed by atoms with Crippen molar-refractivity contribution in [3.8, 4) is 16.8 Å². The van der Waals surface area contributed by atoms with Gasteiger partial charge in [-0.3, -0.25) is 0 Å². The maximum atomic E-state index is 6.17. The average molecular weight is 675 g/mol. The lowest BCUT2D eigenvalue weighted by Crippen LogP contribution is -2.09. The normalized spacial score (nSPS) is 12.2. The minimum Gasteiger partial charge on any atom is -0.456 e. The van der Waals surface area contributed by atoms with Crippen LogP contribution in [0, 0.1) is 0 Å². The van der Waals surface area contributed by atoms with Gasteiger partial charge in [0.2, 0.25) is 0 Å². The lowest BCUT2D eigenvalue weighted by Gasteiger charge is -2.25. The minimum atomic E-state index is 0.894. The van der Waals surface area contributed by atoms with E-state index in [-0.39, 0.29) is 0 Å². The first-order chi connectivity index (χ1) is 26.3. The molecule has 0 saturated heterocycles. The van der Waals surface area contributed by atoms with Crippen molar-refractivity contribution in [2.75, 3.05) is 4.90 Å². The molecule has 0 aliphatic heterocycles. The Morgan fingerprint density at radius 1 is 0.358 bits per heavy atom. The van der Waals surface area contributed by atoms with Crippen molar-refractivity contribution in [2.24, 2.45) is 0 Å². The summed E-state index contributed by atoms with van der Waals surface area (Å²) >= 11 is 0. The van der Waals surface area contributed by atoms with E-state index in [1.54, 1.807) is 0 Å². The Balaban J connectivity index is 0.991. The summed E-state index contributed by atoms with van der Waals surface area (Å²) in [5, 5.41) is 12.9. The largest absolute Gasteiger partial charge is 0.456 e. The summed E-state index contributed by atoms with van der Waals surface area (Å²) in [6.07, 6.45) is 0. The predicted molar refractivity (Wildman–Crippen MR) is 223 cm³/mol. The van der Waals surface area contributed by atoms with Crippen LogP contribution >= 0.6 is 0 Å². The van der Waals surface area contributed by atoms with Gasteiger partial charge in [0.15, 0.2) is 0 Å². The van der Waals surface area contributed by atoms with E-state index in [0.29, 0.717) is 0 Å². The van der Waals surface area contributed by atoms with Gasteiger partial charge in [-0.1, -0.05) is 109 Å². The number of aromatic nitrogens is 1. The molecule has 0 amide bonds. The molecule has 0 saturated carbocycles. The molecule has 53 heavy (non-hydrogen) atoms. The van der Waals surface area contributed by atoms with Crippen LogP contribution in [0.5, 0.6) is 0 Å². The standard InChI is InChI=1S/C50H30N2O/c1-2-11-35(12-3-1)51(38-26-28-46-42(30-38)39-14-4-5-18-45(39)53-46)36-24-21-31(22-25-36)34-10-6-13-37(29-34)52-43-17-8-16-41-40-15-7-9-32-19-20-33-23-27-44(52)50(49(41)43)48(33)47(32)40/h1-30H. The maximum absolute atomic E-state index is 6.17. The summed E-state index contributed by atoms with van der Waals surface area (Å²) in [7, 11) is 0. The molecule has 12 aromatic rings. The van der Waals surface area contributed by atoms with Crippen LogP contribution in [0.4, 0.5) is 17.1 Å². The summed E-state index contributed by atoms with van der Waals surface area (Å²) in [4.78, 5) is 2.32. The van der Waals surface area contributed by atoms with Gasteiger partial charge in [-0.25, -0.2) is 0 Å². The molecule has 0 atom stereocenters. The van der Waals surface area contributed by atoms with Crippen molar-refractivity contribution in [2.45, 2.75) is 0 Å². The van der Waals surface area contributed by atoms with Crippen molar-refractivity contribution in [3.63, 3.8) is 0 Å². The number of anilines is 3. The summed E-state index contributed by atoms with van der Waals surface area (Å²) in [6.45, 7) is 0. The van der Waals surface area contributed by atoms with Crippen LogP contribution in [0.1, 0.15) is 0 Å². The highest BCUT2D eigenvalue weighted by Gasteiger charge is 2.22. The van der Waals surface area contributed by atoms with E-state index in [0.717, 1.165) is 44.7 Å². The van der Waals surface area contributed by atoms with Crippen LogP contribution in [-0.4, -0.2) is 4.57 Å². The van der Waals surface area contributed by atoms with Crippen molar-refractivity contribution >= 4 is 93.1 Å². The van der Waals surface area contributed by atoms with Gasteiger partial charge in [0.25, 0.3) is 0 Å². The molecule has 0 bridgehead atoms. The Labute approximate surface area is 304 Å². The molecule has 0 N–H and O–H groups in total. The van der Waals surface area contributed by atoms with Gasteiger partial charge < -0.3 is 13.9 Å². The predicted octanol–water partition coefficient (Wildman–Crippen LogP) is 14.2. The molecule has 12 rings (SSSR count). The SMILES string of the molecule is c1ccc(N(c2ccc(-c3cccc(-n4c5cccc6c7cccc8ccc9ccc4c(c9c87)c65)c3)cc2)c2ccc3oc4ccccc4c3c2)cc1. The molecule has 0 fully saturated rings. The van der Waals surface area contributed by atoms with Crippen molar-refractivity contribution in [3.05, 3.63) is 182 Å². The molecule has 0 radical (unpaired) electrons. The van der Waals surface area contributed by atoms with Gasteiger partial charge >= 0.3 is 0 Å². The second kappa shape index (κ2) is 10.7. The highest BCUT2D eigenvalue weighted by atomic mass is 16.3. The van der Waals surface area contributed by atoms with E-state index in [4.69, 9.17) is 4.42 Å². The summed E-state index contributed by atoms with van der Waals surface area (Å²) in [5.41, 5.74) is 11.1. The smallest absolute Gasteiger partial charge is 0.135 e. The molecule has 10 aromatic carbocycles. The zero-order valence-corrected chi connectivity index (χ0v) is 28.6. The van der Waals surface area contributed by atoms with E-state index in [2.05, 4.69) is 179 Å². The Hall–Kier alpha value is -7.10. The van der Waals surface area contributed by atoms with E-state index in [1.807, 2.05) is 12.1 Å². The van der Waals surface area contributed by atoms with Crippen LogP contribution in [0.3, 0.4) is 0 Å². The first-order valence-corrected chi connectivity index (χ1v) is 18.2.